The van der Waals surface area contributed by atoms with Crippen LogP contribution in [0.3, 0.4) is 0 Å². The van der Waals surface area contributed by atoms with E-state index < -0.39 is 0 Å². The highest BCUT2D eigenvalue weighted by atomic mass is 32.2. The van der Waals surface area contributed by atoms with Gasteiger partial charge in [-0.1, -0.05) is 12.8 Å². The molecule has 0 aromatic heterocycles. The smallest absolute Gasteiger partial charge is 0.233 e. The van der Waals surface area contributed by atoms with Gasteiger partial charge in [0.1, 0.15) is 0 Å². The molecule has 4 heteroatoms. The third kappa shape index (κ3) is 3.17. The molecule has 1 fully saturated rings. The number of carbonyl (C=O) groups excluding carboxylic acids is 1. The average Bonchev–Trinajstić information content (AvgIpc) is 2.67. The number of thioether (sulfide) groups is 1. The number of rotatable bonds is 5. The highest BCUT2D eigenvalue weighted by Gasteiger charge is 2.32. The fraction of sp³-hybridized carbons (Fsp3) is 0.900. The van der Waals surface area contributed by atoms with E-state index in [1.54, 1.807) is 7.05 Å². The van der Waals surface area contributed by atoms with Gasteiger partial charge in [0.05, 0.1) is 6.54 Å². The summed E-state index contributed by atoms with van der Waals surface area (Å²) in [4.78, 5) is 11.0. The van der Waals surface area contributed by atoms with E-state index >= 15 is 0 Å². The third-order valence-corrected chi connectivity index (χ3v) is 4.38. The van der Waals surface area contributed by atoms with Crippen LogP contribution in [-0.2, 0) is 4.79 Å². The molecular formula is C10H20N2OS. The quantitative estimate of drug-likeness (QED) is 0.720. The van der Waals surface area contributed by atoms with Gasteiger partial charge in [0.2, 0.25) is 5.91 Å². The highest BCUT2D eigenvalue weighted by molar-refractivity contribution is 8.00. The maximum absolute atomic E-state index is 11.0. The van der Waals surface area contributed by atoms with Crippen molar-refractivity contribution in [2.45, 2.75) is 30.4 Å². The lowest BCUT2D eigenvalue weighted by Gasteiger charge is -2.26. The number of carbonyl (C=O) groups is 1. The molecule has 0 saturated heterocycles. The van der Waals surface area contributed by atoms with Crippen molar-refractivity contribution in [3.8, 4) is 0 Å². The highest BCUT2D eigenvalue weighted by Crippen LogP contribution is 2.39. The Balaban J connectivity index is 2.24. The minimum absolute atomic E-state index is 0.0687. The third-order valence-electron chi connectivity index (χ3n) is 2.96. The van der Waals surface area contributed by atoms with Gasteiger partial charge in [0, 0.05) is 18.3 Å². The van der Waals surface area contributed by atoms with E-state index in [4.69, 9.17) is 0 Å². The summed E-state index contributed by atoms with van der Waals surface area (Å²) in [6.45, 7) is 1.40. The molecule has 2 N–H and O–H groups in total. The first-order chi connectivity index (χ1) is 6.72. The summed E-state index contributed by atoms with van der Waals surface area (Å²) in [5.41, 5.74) is 0. The molecule has 1 rings (SSSR count). The molecule has 0 aliphatic heterocycles. The second-order valence-electron chi connectivity index (χ2n) is 3.87. The van der Waals surface area contributed by atoms with Crippen molar-refractivity contribution in [1.82, 2.24) is 10.6 Å². The van der Waals surface area contributed by atoms with E-state index in [-0.39, 0.29) is 5.91 Å². The lowest BCUT2D eigenvalue weighted by molar-refractivity contribution is -0.119. The second-order valence-corrected chi connectivity index (χ2v) is 5.15. The van der Waals surface area contributed by atoms with E-state index in [0.29, 0.717) is 11.3 Å². The van der Waals surface area contributed by atoms with Gasteiger partial charge in [-0.3, -0.25) is 4.79 Å². The van der Waals surface area contributed by atoms with E-state index in [9.17, 15) is 4.79 Å². The fourth-order valence-corrected chi connectivity index (χ4v) is 2.91. The Labute approximate surface area is 90.4 Å². The predicted octanol–water partition coefficient (Wildman–Crippen LogP) is 0.998. The lowest BCUT2D eigenvalue weighted by atomic mass is 10.1. The molecule has 0 spiro atoms. The predicted molar refractivity (Wildman–Crippen MR) is 61.7 cm³/mol. The van der Waals surface area contributed by atoms with Crippen molar-refractivity contribution in [1.29, 1.82) is 0 Å². The van der Waals surface area contributed by atoms with Crippen molar-refractivity contribution >= 4 is 17.7 Å². The largest absolute Gasteiger partial charge is 0.358 e. The zero-order chi connectivity index (χ0) is 10.4. The molecule has 82 valence electrons. The molecule has 0 atom stereocenters. The number of hydrogen-bond donors (Lipinski definition) is 2. The molecule has 14 heavy (non-hydrogen) atoms. The van der Waals surface area contributed by atoms with Crippen LogP contribution in [-0.4, -0.2) is 37.0 Å². The van der Waals surface area contributed by atoms with E-state index in [1.165, 1.54) is 25.7 Å². The van der Waals surface area contributed by atoms with E-state index in [2.05, 4.69) is 16.9 Å². The number of nitrogens with one attached hydrogen (secondary N) is 2. The van der Waals surface area contributed by atoms with Gasteiger partial charge in [-0.25, -0.2) is 0 Å². The molecule has 1 aliphatic rings. The van der Waals surface area contributed by atoms with Crippen LogP contribution in [0.4, 0.5) is 0 Å². The minimum Gasteiger partial charge on any atom is -0.358 e. The first-order valence-electron chi connectivity index (χ1n) is 5.19. The lowest BCUT2D eigenvalue weighted by Crippen LogP contribution is -2.40. The SMILES string of the molecule is CNC(=O)CNCC1(SC)CCCC1. The average molecular weight is 216 g/mol. The van der Waals surface area contributed by atoms with Crippen LogP contribution in [0.2, 0.25) is 0 Å². The summed E-state index contributed by atoms with van der Waals surface area (Å²) in [7, 11) is 1.67. The normalized spacial score (nSPS) is 19.6. The Morgan fingerprint density at radius 1 is 1.43 bits per heavy atom. The summed E-state index contributed by atoms with van der Waals surface area (Å²) < 4.78 is 0.397. The minimum atomic E-state index is 0.0687. The zero-order valence-electron chi connectivity index (χ0n) is 9.06. The maximum atomic E-state index is 11.0. The topological polar surface area (TPSA) is 41.1 Å². The Morgan fingerprint density at radius 2 is 2.07 bits per heavy atom. The van der Waals surface area contributed by atoms with Crippen molar-refractivity contribution < 1.29 is 4.79 Å². The van der Waals surface area contributed by atoms with Crippen LogP contribution in [0.15, 0.2) is 0 Å². The molecule has 1 saturated carbocycles. The van der Waals surface area contributed by atoms with Gasteiger partial charge in [-0.15, -0.1) is 0 Å². The Kier molecular flexibility index (Phi) is 4.75. The molecular weight excluding hydrogens is 196 g/mol. The molecule has 0 unspecified atom stereocenters. The second kappa shape index (κ2) is 5.61. The van der Waals surface area contributed by atoms with Crippen molar-refractivity contribution in [2.24, 2.45) is 0 Å². The molecule has 0 bridgehead atoms. The van der Waals surface area contributed by atoms with Crippen LogP contribution < -0.4 is 10.6 Å². The first-order valence-corrected chi connectivity index (χ1v) is 6.41. The van der Waals surface area contributed by atoms with Gasteiger partial charge in [0.25, 0.3) is 0 Å². The van der Waals surface area contributed by atoms with Crippen LogP contribution in [0.1, 0.15) is 25.7 Å². The summed E-state index contributed by atoms with van der Waals surface area (Å²) in [6.07, 6.45) is 7.42. The van der Waals surface area contributed by atoms with Crippen molar-refractivity contribution in [3.05, 3.63) is 0 Å². The van der Waals surface area contributed by atoms with Crippen molar-refractivity contribution in [3.63, 3.8) is 0 Å². The fourth-order valence-electron chi connectivity index (χ4n) is 1.96. The first kappa shape index (κ1) is 11.9. The van der Waals surface area contributed by atoms with Gasteiger partial charge in [-0.05, 0) is 19.1 Å². The number of amides is 1. The van der Waals surface area contributed by atoms with Crippen molar-refractivity contribution in [2.75, 3.05) is 26.4 Å². The molecule has 1 amide bonds. The van der Waals surface area contributed by atoms with Crippen LogP contribution in [0.25, 0.3) is 0 Å². The maximum Gasteiger partial charge on any atom is 0.233 e. The summed E-state index contributed by atoms with van der Waals surface area (Å²) in [5.74, 6) is 0.0687. The Morgan fingerprint density at radius 3 is 2.57 bits per heavy atom. The van der Waals surface area contributed by atoms with Gasteiger partial charge < -0.3 is 10.6 Å². The van der Waals surface area contributed by atoms with E-state index in [0.717, 1.165) is 6.54 Å². The zero-order valence-corrected chi connectivity index (χ0v) is 9.88. The van der Waals surface area contributed by atoms with Gasteiger partial charge in [-0.2, -0.15) is 11.8 Å². The van der Waals surface area contributed by atoms with Crippen LogP contribution in [0, 0.1) is 0 Å². The van der Waals surface area contributed by atoms with Gasteiger partial charge >= 0.3 is 0 Å². The Bertz CT molecular complexity index is 191. The van der Waals surface area contributed by atoms with Crippen LogP contribution in [0.5, 0.6) is 0 Å². The summed E-state index contributed by atoms with van der Waals surface area (Å²) in [5, 5.41) is 5.85. The standard InChI is InChI=1S/C10H20N2OS/c1-11-9(13)7-12-8-10(14-2)5-3-4-6-10/h12H,3-8H2,1-2H3,(H,11,13). The Hall–Kier alpha value is -0.220. The monoisotopic (exact) mass is 216 g/mol. The summed E-state index contributed by atoms with van der Waals surface area (Å²) in [6, 6.07) is 0. The molecule has 3 nitrogen and oxygen atoms in total. The summed E-state index contributed by atoms with van der Waals surface area (Å²) >= 11 is 1.94. The number of likely N-dealkylation sites (N-methyl/N-ethyl adjacent to an activating group) is 1. The van der Waals surface area contributed by atoms with Crippen LogP contribution >= 0.6 is 11.8 Å². The molecule has 0 aromatic carbocycles. The molecule has 0 aromatic rings. The molecule has 0 heterocycles. The molecule has 0 radical (unpaired) electrons. The molecule has 1 aliphatic carbocycles. The van der Waals surface area contributed by atoms with E-state index in [1.807, 2.05) is 11.8 Å². The number of hydrogen-bond acceptors (Lipinski definition) is 3. The van der Waals surface area contributed by atoms with Gasteiger partial charge in [0.15, 0.2) is 0 Å².